The summed E-state index contributed by atoms with van der Waals surface area (Å²) in [6, 6.07) is 10.3. The van der Waals surface area contributed by atoms with Crippen molar-refractivity contribution in [3.8, 4) is 0 Å². The first kappa shape index (κ1) is 17.0. The molecule has 2 aliphatic heterocycles. The third-order valence-corrected chi connectivity index (χ3v) is 5.24. The summed E-state index contributed by atoms with van der Waals surface area (Å²) in [7, 11) is 0. The second-order valence-corrected chi connectivity index (χ2v) is 6.86. The number of carbonyl (C=O) groups is 1. The molecule has 24 heavy (non-hydrogen) atoms. The summed E-state index contributed by atoms with van der Waals surface area (Å²) in [5.41, 5.74) is 1.17. The number of aliphatic carboxylic acids is 1. The number of hydrogen-bond acceptors (Lipinski definition) is 3. The SMILES string of the molecule is O=C(O)CCC/C=C\C[C@@H]1[C@@H](CNc2ccccc2)[C@@H]2CC[C@H]1O2. The summed E-state index contributed by atoms with van der Waals surface area (Å²) in [6.45, 7) is 0.961. The lowest BCUT2D eigenvalue weighted by atomic mass is 9.77. The van der Waals surface area contributed by atoms with E-state index >= 15 is 0 Å². The number of allylic oxidation sites excluding steroid dienone is 2. The van der Waals surface area contributed by atoms with E-state index in [1.54, 1.807) is 0 Å². The van der Waals surface area contributed by atoms with Gasteiger partial charge >= 0.3 is 5.97 Å². The maximum atomic E-state index is 10.5. The van der Waals surface area contributed by atoms with E-state index in [4.69, 9.17) is 9.84 Å². The molecule has 0 radical (unpaired) electrons. The van der Waals surface area contributed by atoms with Crippen molar-refractivity contribution in [3.05, 3.63) is 42.5 Å². The molecule has 4 heteroatoms. The van der Waals surface area contributed by atoms with Crippen LogP contribution in [0.5, 0.6) is 0 Å². The van der Waals surface area contributed by atoms with E-state index in [1.165, 1.54) is 18.5 Å². The molecule has 4 nitrogen and oxygen atoms in total. The highest BCUT2D eigenvalue weighted by Crippen LogP contribution is 2.45. The summed E-state index contributed by atoms with van der Waals surface area (Å²) in [6.07, 6.45) is 10.4. The zero-order chi connectivity index (χ0) is 16.8. The number of benzene rings is 1. The van der Waals surface area contributed by atoms with Gasteiger partial charge in [-0.1, -0.05) is 30.4 Å². The molecule has 0 aliphatic carbocycles. The molecule has 0 aromatic heterocycles. The first-order valence-electron chi connectivity index (χ1n) is 9.05. The van der Waals surface area contributed by atoms with Gasteiger partial charge in [-0.15, -0.1) is 0 Å². The van der Waals surface area contributed by atoms with Gasteiger partial charge in [0.1, 0.15) is 0 Å². The molecule has 0 spiro atoms. The largest absolute Gasteiger partial charge is 0.481 e. The Balaban J connectivity index is 1.47. The predicted octanol–water partition coefficient (Wildman–Crippen LogP) is 4.09. The summed E-state index contributed by atoms with van der Waals surface area (Å²) in [4.78, 5) is 10.5. The van der Waals surface area contributed by atoms with Crippen LogP contribution in [0.15, 0.2) is 42.5 Å². The summed E-state index contributed by atoms with van der Waals surface area (Å²) < 4.78 is 6.14. The number of para-hydroxylation sites is 1. The molecule has 1 aromatic carbocycles. The second kappa shape index (κ2) is 8.34. The molecule has 2 aliphatic rings. The Morgan fingerprint density at radius 1 is 1.17 bits per heavy atom. The van der Waals surface area contributed by atoms with E-state index in [2.05, 4.69) is 41.7 Å². The highest BCUT2D eigenvalue weighted by molar-refractivity contribution is 5.66. The number of carboxylic acids is 1. The molecule has 3 rings (SSSR count). The lowest BCUT2D eigenvalue weighted by Crippen LogP contribution is -2.32. The van der Waals surface area contributed by atoms with Gasteiger partial charge in [-0.05, 0) is 50.2 Å². The van der Waals surface area contributed by atoms with Crippen LogP contribution in [-0.4, -0.2) is 29.8 Å². The molecule has 2 bridgehead atoms. The van der Waals surface area contributed by atoms with Crippen LogP contribution in [0.25, 0.3) is 0 Å². The van der Waals surface area contributed by atoms with E-state index < -0.39 is 5.97 Å². The minimum absolute atomic E-state index is 0.255. The average molecular weight is 329 g/mol. The minimum atomic E-state index is -0.711. The van der Waals surface area contributed by atoms with Gasteiger partial charge in [0.15, 0.2) is 0 Å². The van der Waals surface area contributed by atoms with E-state index in [-0.39, 0.29) is 6.42 Å². The van der Waals surface area contributed by atoms with Crippen molar-refractivity contribution in [2.45, 2.75) is 50.7 Å². The van der Waals surface area contributed by atoms with Crippen molar-refractivity contribution in [2.75, 3.05) is 11.9 Å². The first-order chi connectivity index (χ1) is 11.7. The number of rotatable bonds is 9. The molecule has 4 atom stereocenters. The van der Waals surface area contributed by atoms with Crippen molar-refractivity contribution in [2.24, 2.45) is 11.8 Å². The van der Waals surface area contributed by atoms with Crippen LogP contribution >= 0.6 is 0 Å². The number of unbranched alkanes of at least 4 members (excludes halogenated alkanes) is 1. The van der Waals surface area contributed by atoms with Crippen molar-refractivity contribution in [1.82, 2.24) is 0 Å². The molecular weight excluding hydrogens is 302 g/mol. The van der Waals surface area contributed by atoms with Gasteiger partial charge in [0, 0.05) is 24.6 Å². The normalized spacial score (nSPS) is 28.5. The first-order valence-corrected chi connectivity index (χ1v) is 9.05. The van der Waals surface area contributed by atoms with Crippen LogP contribution in [0.4, 0.5) is 5.69 Å². The lowest BCUT2D eigenvalue weighted by Gasteiger charge is -2.27. The highest BCUT2D eigenvalue weighted by atomic mass is 16.5. The lowest BCUT2D eigenvalue weighted by molar-refractivity contribution is -0.137. The van der Waals surface area contributed by atoms with Gasteiger partial charge in [-0.25, -0.2) is 0 Å². The van der Waals surface area contributed by atoms with Crippen LogP contribution in [0.2, 0.25) is 0 Å². The van der Waals surface area contributed by atoms with Gasteiger partial charge in [-0.2, -0.15) is 0 Å². The summed E-state index contributed by atoms with van der Waals surface area (Å²) >= 11 is 0. The number of ether oxygens (including phenoxy) is 1. The zero-order valence-corrected chi connectivity index (χ0v) is 14.1. The number of carboxylic acid groups (broad SMARTS) is 1. The van der Waals surface area contributed by atoms with Crippen molar-refractivity contribution in [1.29, 1.82) is 0 Å². The van der Waals surface area contributed by atoms with Gasteiger partial charge in [-0.3, -0.25) is 4.79 Å². The fourth-order valence-corrected chi connectivity index (χ4v) is 4.01. The fourth-order valence-electron chi connectivity index (χ4n) is 4.01. The van der Waals surface area contributed by atoms with E-state index in [9.17, 15) is 4.79 Å². The van der Waals surface area contributed by atoms with Crippen molar-refractivity contribution >= 4 is 11.7 Å². The van der Waals surface area contributed by atoms with Crippen LogP contribution in [0, 0.1) is 11.8 Å². The fraction of sp³-hybridized carbons (Fsp3) is 0.550. The average Bonchev–Trinajstić information content (AvgIpc) is 3.18. The predicted molar refractivity (Wildman–Crippen MR) is 95.1 cm³/mol. The third-order valence-electron chi connectivity index (χ3n) is 5.24. The summed E-state index contributed by atoms with van der Waals surface area (Å²) in [5, 5.41) is 12.2. The third kappa shape index (κ3) is 4.38. The molecule has 2 fully saturated rings. The van der Waals surface area contributed by atoms with Gasteiger partial charge < -0.3 is 15.2 Å². The molecule has 0 amide bonds. The Hall–Kier alpha value is -1.81. The Bertz CT molecular complexity index is 557. The Morgan fingerprint density at radius 3 is 2.67 bits per heavy atom. The quantitative estimate of drug-likeness (QED) is 0.529. The number of anilines is 1. The van der Waals surface area contributed by atoms with Crippen LogP contribution in [0.1, 0.15) is 38.5 Å². The van der Waals surface area contributed by atoms with Crippen molar-refractivity contribution in [3.63, 3.8) is 0 Å². The highest BCUT2D eigenvalue weighted by Gasteiger charge is 2.47. The Labute approximate surface area is 143 Å². The van der Waals surface area contributed by atoms with E-state index in [0.717, 1.165) is 25.8 Å². The monoisotopic (exact) mass is 329 g/mol. The zero-order valence-electron chi connectivity index (χ0n) is 14.1. The number of hydrogen-bond donors (Lipinski definition) is 2. The molecule has 1 aromatic rings. The topological polar surface area (TPSA) is 58.6 Å². The van der Waals surface area contributed by atoms with Crippen LogP contribution in [0.3, 0.4) is 0 Å². The van der Waals surface area contributed by atoms with E-state index in [0.29, 0.717) is 24.0 Å². The molecule has 2 N–H and O–H groups in total. The number of nitrogens with one attached hydrogen (secondary N) is 1. The second-order valence-electron chi connectivity index (χ2n) is 6.86. The Morgan fingerprint density at radius 2 is 1.92 bits per heavy atom. The van der Waals surface area contributed by atoms with E-state index in [1.807, 2.05) is 6.07 Å². The molecule has 0 unspecified atom stereocenters. The molecular formula is C20H27NO3. The maximum absolute atomic E-state index is 10.5. The van der Waals surface area contributed by atoms with Gasteiger partial charge in [0.25, 0.3) is 0 Å². The molecule has 2 saturated heterocycles. The molecule has 130 valence electrons. The van der Waals surface area contributed by atoms with Crippen LogP contribution < -0.4 is 5.32 Å². The number of fused-ring (bicyclic) bond motifs is 2. The molecule has 0 saturated carbocycles. The van der Waals surface area contributed by atoms with Gasteiger partial charge in [0.2, 0.25) is 0 Å². The molecule has 2 heterocycles. The van der Waals surface area contributed by atoms with Crippen LogP contribution in [-0.2, 0) is 9.53 Å². The van der Waals surface area contributed by atoms with Gasteiger partial charge in [0.05, 0.1) is 12.2 Å². The minimum Gasteiger partial charge on any atom is -0.481 e. The smallest absolute Gasteiger partial charge is 0.303 e. The Kier molecular flexibility index (Phi) is 5.91. The summed E-state index contributed by atoms with van der Waals surface area (Å²) in [5.74, 6) is 0.431. The van der Waals surface area contributed by atoms with Crippen molar-refractivity contribution < 1.29 is 14.6 Å². The standard InChI is InChI=1S/C20H27NO3/c22-20(23)11-7-2-1-6-10-16-17(19-13-12-18(16)24-19)14-21-15-8-4-3-5-9-15/h1,3-6,8-9,16-19,21H,2,7,10-14H2,(H,22,23)/b6-1-/t16-,17-,18-,19+/m1/s1. The maximum Gasteiger partial charge on any atom is 0.303 e.